The van der Waals surface area contributed by atoms with E-state index in [1.165, 1.54) is 0 Å². The largest absolute Gasteiger partial charge is 0.415 e. The Hall–Kier alpha value is -1.46. The van der Waals surface area contributed by atoms with Crippen molar-refractivity contribution in [1.82, 2.24) is 0 Å². The van der Waals surface area contributed by atoms with Gasteiger partial charge in [-0.15, -0.1) is 0 Å². The highest BCUT2D eigenvalue weighted by atomic mass is 31.1. The molecule has 2 heteroatoms. The van der Waals surface area contributed by atoms with E-state index in [0.29, 0.717) is 0 Å². The van der Waals surface area contributed by atoms with Crippen LogP contribution in [0.1, 0.15) is 0 Å². The minimum absolute atomic E-state index is 0.883. The normalized spacial score (nSPS) is 11.0. The molecule has 1 nitrogen and oxygen atoms in total. The number of hydrogen-bond donors (Lipinski definition) is 0. The van der Waals surface area contributed by atoms with Crippen LogP contribution in [0.5, 0.6) is 0 Å². The smallest absolute Gasteiger partial charge is 0.0619 e. The van der Waals surface area contributed by atoms with E-state index in [9.17, 15) is 4.57 Å². The molecule has 0 aliphatic heterocycles. The van der Waals surface area contributed by atoms with E-state index >= 15 is 0 Å². The monoisotopic (exact) mass is 202 g/mol. The van der Waals surface area contributed by atoms with Crippen LogP contribution in [0.4, 0.5) is 0 Å². The van der Waals surface area contributed by atoms with Crippen molar-refractivity contribution in [1.29, 1.82) is 0 Å². The predicted octanol–water partition coefficient (Wildman–Crippen LogP) is 2.46. The van der Waals surface area contributed by atoms with E-state index in [2.05, 4.69) is 0 Å². The van der Waals surface area contributed by atoms with Gasteiger partial charge in [-0.05, 0) is 24.3 Å². The van der Waals surface area contributed by atoms with Crippen molar-refractivity contribution in [2.24, 2.45) is 0 Å². The predicted molar refractivity (Wildman–Crippen MR) is 59.8 cm³/mol. The zero-order valence-electron chi connectivity index (χ0n) is 7.63. The Morgan fingerprint density at radius 2 is 1.00 bits per heavy atom. The van der Waals surface area contributed by atoms with Crippen LogP contribution in [0, 0.1) is 0 Å². The SMILES string of the molecule is O=[P+](c1ccccc1)[13c]1ccccc1. The number of benzene rings is 2. The van der Waals surface area contributed by atoms with Crippen LogP contribution >= 0.6 is 7.80 Å². The first-order valence-corrected chi connectivity index (χ1v) is 5.71. The maximum atomic E-state index is 12.0. The van der Waals surface area contributed by atoms with Gasteiger partial charge in [-0.1, -0.05) is 41.0 Å². The topological polar surface area (TPSA) is 17.1 Å². The van der Waals surface area contributed by atoms with Crippen molar-refractivity contribution in [2.75, 3.05) is 0 Å². The average molecular weight is 202 g/mol. The van der Waals surface area contributed by atoms with E-state index < -0.39 is 7.80 Å². The molecule has 0 aromatic heterocycles. The highest BCUT2D eigenvalue weighted by Crippen LogP contribution is 2.18. The molecule has 0 radical (unpaired) electrons. The van der Waals surface area contributed by atoms with Crippen molar-refractivity contribution < 1.29 is 4.57 Å². The zero-order chi connectivity index (χ0) is 9.80. The maximum Gasteiger partial charge on any atom is 0.415 e. The van der Waals surface area contributed by atoms with Crippen LogP contribution in [0.3, 0.4) is 0 Å². The molecule has 0 bridgehead atoms. The minimum atomic E-state index is -1.42. The summed E-state index contributed by atoms with van der Waals surface area (Å²) >= 11 is 0. The first-order chi connectivity index (χ1) is 6.88. The van der Waals surface area contributed by atoms with Crippen LogP contribution < -0.4 is 10.6 Å². The van der Waals surface area contributed by atoms with Gasteiger partial charge in [0.1, 0.15) is 0 Å². The minimum Gasteiger partial charge on any atom is -0.0619 e. The van der Waals surface area contributed by atoms with Gasteiger partial charge in [0.2, 0.25) is 0 Å². The second-order valence-corrected chi connectivity index (χ2v) is 4.59. The molecule has 0 spiro atoms. The molecule has 0 aliphatic carbocycles. The van der Waals surface area contributed by atoms with Crippen LogP contribution in [0.2, 0.25) is 0 Å². The van der Waals surface area contributed by atoms with Gasteiger partial charge in [-0.25, -0.2) is 0 Å². The molecule has 1 unspecified atom stereocenters. The highest BCUT2D eigenvalue weighted by molar-refractivity contribution is 7.61. The quantitative estimate of drug-likeness (QED) is 0.683. The fraction of sp³-hybridized carbons (Fsp3) is 0. The third kappa shape index (κ3) is 1.89. The fourth-order valence-electron chi connectivity index (χ4n) is 1.28. The Labute approximate surface area is 84.2 Å². The first-order valence-electron chi connectivity index (χ1n) is 4.45. The van der Waals surface area contributed by atoms with Gasteiger partial charge in [0, 0.05) is 0 Å². The highest BCUT2D eigenvalue weighted by Gasteiger charge is 2.21. The summed E-state index contributed by atoms with van der Waals surface area (Å²) < 4.78 is 12.0. The lowest BCUT2D eigenvalue weighted by molar-refractivity contribution is 0.598. The van der Waals surface area contributed by atoms with Gasteiger partial charge in [-0.2, -0.15) is 0 Å². The summed E-state index contributed by atoms with van der Waals surface area (Å²) in [5, 5.41) is 1.77. The molecular formula is C12H10OP+. The van der Waals surface area contributed by atoms with Gasteiger partial charge in [0.25, 0.3) is 0 Å². The Morgan fingerprint density at radius 1 is 0.643 bits per heavy atom. The molecule has 2 aromatic rings. The second-order valence-electron chi connectivity index (χ2n) is 2.97. The molecule has 0 saturated heterocycles. The lowest BCUT2D eigenvalue weighted by Gasteiger charge is -1.87. The van der Waals surface area contributed by atoms with E-state index in [1.54, 1.807) is 0 Å². The zero-order valence-corrected chi connectivity index (χ0v) is 8.52. The van der Waals surface area contributed by atoms with Gasteiger partial charge < -0.3 is 0 Å². The molecule has 68 valence electrons. The third-order valence-corrected chi connectivity index (χ3v) is 3.52. The lowest BCUT2D eigenvalue weighted by Crippen LogP contribution is -2.04. The summed E-state index contributed by atoms with van der Waals surface area (Å²) in [6.45, 7) is 0. The van der Waals surface area contributed by atoms with Gasteiger partial charge >= 0.3 is 7.80 Å². The molecule has 0 saturated carbocycles. The van der Waals surface area contributed by atoms with Crippen LogP contribution in [-0.4, -0.2) is 0 Å². The van der Waals surface area contributed by atoms with Crippen molar-refractivity contribution in [3.8, 4) is 0 Å². The number of hydrogen-bond acceptors (Lipinski definition) is 1. The van der Waals surface area contributed by atoms with Gasteiger partial charge in [0.15, 0.2) is 10.6 Å². The number of rotatable bonds is 2. The molecule has 0 N–H and O–H groups in total. The van der Waals surface area contributed by atoms with Crippen molar-refractivity contribution in [2.45, 2.75) is 0 Å². The molecule has 14 heavy (non-hydrogen) atoms. The van der Waals surface area contributed by atoms with Crippen molar-refractivity contribution >= 4 is 18.4 Å². The molecule has 2 aromatic carbocycles. The average Bonchev–Trinajstić information content (AvgIpc) is 2.30. The Bertz CT molecular complexity index is 381. The molecule has 0 aliphatic rings. The van der Waals surface area contributed by atoms with Crippen LogP contribution in [-0.2, 0) is 4.57 Å². The summed E-state index contributed by atoms with van der Waals surface area (Å²) in [7, 11) is -1.42. The van der Waals surface area contributed by atoms with E-state index in [4.69, 9.17) is 0 Å². The van der Waals surface area contributed by atoms with Gasteiger partial charge in [0.05, 0.1) is 0 Å². The Kier molecular flexibility index (Phi) is 2.71. The van der Waals surface area contributed by atoms with E-state index in [1.807, 2.05) is 60.7 Å². The molecule has 1 atom stereocenters. The Balaban J connectivity index is 2.35. The molecule has 0 heterocycles. The molecule has 2 rings (SSSR count). The molecular weight excluding hydrogens is 192 g/mol. The summed E-state index contributed by atoms with van der Waals surface area (Å²) in [5.41, 5.74) is 0. The second kappa shape index (κ2) is 4.17. The van der Waals surface area contributed by atoms with Gasteiger partial charge in [-0.3, -0.25) is 0 Å². The van der Waals surface area contributed by atoms with Crippen molar-refractivity contribution in [3.05, 3.63) is 60.7 Å². The Morgan fingerprint density at radius 3 is 1.36 bits per heavy atom. The summed E-state index contributed by atoms with van der Waals surface area (Å²) in [4.78, 5) is 0. The molecule has 0 fully saturated rings. The molecule has 0 amide bonds. The summed E-state index contributed by atoms with van der Waals surface area (Å²) in [5.74, 6) is 0. The first kappa shape index (κ1) is 9.11. The van der Waals surface area contributed by atoms with Crippen LogP contribution in [0.25, 0.3) is 0 Å². The van der Waals surface area contributed by atoms with E-state index in [-0.39, 0.29) is 0 Å². The standard InChI is InChI=1S/C12H10OP/c13-14(11-7-3-1-4-8-11)12-9-5-2-6-10-12/h1-10H/q+1/i11+1. The third-order valence-electron chi connectivity index (χ3n) is 1.98. The summed E-state index contributed by atoms with van der Waals surface area (Å²) in [6, 6.07) is 19.1. The lowest BCUT2D eigenvalue weighted by atomic mass is 10.4. The van der Waals surface area contributed by atoms with Crippen molar-refractivity contribution in [3.63, 3.8) is 0 Å². The summed E-state index contributed by atoms with van der Waals surface area (Å²) in [6.07, 6.45) is 0. The van der Waals surface area contributed by atoms with E-state index in [0.717, 1.165) is 10.6 Å². The maximum absolute atomic E-state index is 12.0. The van der Waals surface area contributed by atoms with Crippen LogP contribution in [0.15, 0.2) is 60.7 Å². The fourth-order valence-corrected chi connectivity index (χ4v) is 2.46.